The van der Waals surface area contributed by atoms with Crippen LogP contribution in [0.25, 0.3) is 0 Å². The molecule has 0 radical (unpaired) electrons. The largest absolute Gasteiger partial charge is 0.370 e. The van der Waals surface area contributed by atoms with E-state index in [1.807, 2.05) is 0 Å². The summed E-state index contributed by atoms with van der Waals surface area (Å²) < 4.78 is 0. The molecule has 0 aliphatic heterocycles. The van der Waals surface area contributed by atoms with Crippen LogP contribution in [0.1, 0.15) is 137 Å². The standard InChI is InChI=1S/C19H28N2O2.C10H20N2O2/c1-2-3-4-5-6-7-8-9-10-15-21-19(23)17-13-11-16(12-14-17)18(20)22;11-9(13)7-5-3-1-2-4-6-8-10(12)14/h11-15H,2-10H2,1H3,(H2,20,22);1-8H2,(H2,11,13)(H2,12,14). The number of rotatable bonds is 20. The van der Waals surface area contributed by atoms with Gasteiger partial charge in [0.2, 0.25) is 17.7 Å². The normalized spacial score (nSPS) is 10.6. The second kappa shape index (κ2) is 23.4. The van der Waals surface area contributed by atoms with Gasteiger partial charge in [-0.3, -0.25) is 19.2 Å². The summed E-state index contributed by atoms with van der Waals surface area (Å²) in [6, 6.07) is 6.25. The van der Waals surface area contributed by atoms with Crippen LogP contribution < -0.4 is 17.2 Å². The topological polar surface area (TPSA) is 159 Å². The zero-order chi connectivity index (χ0) is 27.7. The Morgan fingerprint density at radius 1 is 0.622 bits per heavy atom. The van der Waals surface area contributed by atoms with Crippen molar-refractivity contribution in [1.82, 2.24) is 0 Å². The van der Waals surface area contributed by atoms with E-state index in [4.69, 9.17) is 17.2 Å². The summed E-state index contributed by atoms with van der Waals surface area (Å²) in [4.78, 5) is 47.5. The van der Waals surface area contributed by atoms with Gasteiger partial charge in [-0.1, -0.05) is 77.6 Å². The lowest BCUT2D eigenvalue weighted by Gasteiger charge is -2.00. The summed E-state index contributed by atoms with van der Waals surface area (Å²) in [5.41, 5.74) is 16.0. The maximum Gasteiger partial charge on any atom is 0.276 e. The lowest BCUT2D eigenvalue weighted by molar-refractivity contribution is -0.119. The molecule has 0 fully saturated rings. The quantitative estimate of drug-likeness (QED) is 0.152. The van der Waals surface area contributed by atoms with Gasteiger partial charge in [-0.2, -0.15) is 0 Å². The molecule has 37 heavy (non-hydrogen) atoms. The minimum Gasteiger partial charge on any atom is -0.370 e. The smallest absolute Gasteiger partial charge is 0.276 e. The van der Waals surface area contributed by atoms with Crippen molar-refractivity contribution in [3.8, 4) is 0 Å². The molecule has 0 aromatic heterocycles. The number of unbranched alkanes of at least 4 members (excludes halogenated alkanes) is 13. The highest BCUT2D eigenvalue weighted by Crippen LogP contribution is 2.10. The molecule has 0 saturated carbocycles. The molecule has 0 bridgehead atoms. The molecule has 0 aliphatic carbocycles. The lowest BCUT2D eigenvalue weighted by atomic mass is 10.1. The fourth-order valence-corrected chi connectivity index (χ4v) is 3.67. The minimum absolute atomic E-state index is 0.223. The molecule has 4 amide bonds. The van der Waals surface area contributed by atoms with Gasteiger partial charge >= 0.3 is 0 Å². The van der Waals surface area contributed by atoms with Crippen LogP contribution >= 0.6 is 0 Å². The summed E-state index contributed by atoms with van der Waals surface area (Å²) in [5.74, 6) is -1.22. The number of benzene rings is 1. The molecule has 0 heterocycles. The third-order valence-corrected chi connectivity index (χ3v) is 5.91. The number of primary amides is 3. The van der Waals surface area contributed by atoms with Crippen molar-refractivity contribution in [2.24, 2.45) is 22.2 Å². The van der Waals surface area contributed by atoms with E-state index in [2.05, 4.69) is 11.9 Å². The second-order valence-corrected chi connectivity index (χ2v) is 9.38. The fraction of sp³-hybridized carbons (Fsp3) is 0.621. The van der Waals surface area contributed by atoms with Crippen LogP contribution in [0.4, 0.5) is 0 Å². The van der Waals surface area contributed by atoms with Gasteiger partial charge in [0.15, 0.2) is 0 Å². The van der Waals surface area contributed by atoms with E-state index in [1.54, 1.807) is 30.5 Å². The Balaban J connectivity index is 0.000000795. The minimum atomic E-state index is -0.498. The SMILES string of the molecule is CCCCCCCCCCC=NC(=O)c1ccc(C(N)=O)cc1.NC(=O)CCCCCCCCC(N)=O. The molecule has 8 nitrogen and oxygen atoms in total. The van der Waals surface area contributed by atoms with Crippen LogP contribution in [-0.4, -0.2) is 29.8 Å². The maximum atomic E-state index is 11.8. The molecular weight excluding hydrogens is 468 g/mol. The first-order chi connectivity index (χ1) is 17.8. The summed E-state index contributed by atoms with van der Waals surface area (Å²) in [6.07, 6.45) is 19.7. The van der Waals surface area contributed by atoms with Crippen LogP contribution in [0.5, 0.6) is 0 Å². The number of amides is 4. The average Bonchev–Trinajstić information content (AvgIpc) is 2.86. The van der Waals surface area contributed by atoms with E-state index < -0.39 is 5.91 Å². The van der Waals surface area contributed by atoms with Gasteiger partial charge in [0.1, 0.15) is 0 Å². The van der Waals surface area contributed by atoms with Gasteiger partial charge in [-0.25, -0.2) is 4.99 Å². The number of nitrogens with zero attached hydrogens (tertiary/aromatic N) is 1. The zero-order valence-corrected chi connectivity index (χ0v) is 22.7. The van der Waals surface area contributed by atoms with Crippen molar-refractivity contribution in [2.45, 2.75) is 116 Å². The fourth-order valence-electron chi connectivity index (χ4n) is 3.67. The van der Waals surface area contributed by atoms with Crippen molar-refractivity contribution in [1.29, 1.82) is 0 Å². The third kappa shape index (κ3) is 21.9. The van der Waals surface area contributed by atoms with Gasteiger partial charge in [-0.15, -0.1) is 0 Å². The van der Waals surface area contributed by atoms with E-state index in [-0.39, 0.29) is 17.7 Å². The number of carbonyl (C=O) groups is 4. The van der Waals surface area contributed by atoms with Gasteiger partial charge in [0.25, 0.3) is 5.91 Å². The van der Waals surface area contributed by atoms with Crippen molar-refractivity contribution < 1.29 is 19.2 Å². The van der Waals surface area contributed by atoms with Gasteiger partial charge in [0.05, 0.1) is 0 Å². The number of hydrogen-bond donors (Lipinski definition) is 3. The molecule has 1 rings (SSSR count). The summed E-state index contributed by atoms with van der Waals surface area (Å²) in [6.45, 7) is 2.23. The average molecular weight is 517 g/mol. The predicted octanol–water partition coefficient (Wildman–Crippen LogP) is 5.61. The van der Waals surface area contributed by atoms with Crippen LogP contribution in [0.3, 0.4) is 0 Å². The number of hydrogen-bond acceptors (Lipinski definition) is 4. The van der Waals surface area contributed by atoms with Crippen LogP contribution in [-0.2, 0) is 9.59 Å². The van der Waals surface area contributed by atoms with Crippen molar-refractivity contribution >= 4 is 29.8 Å². The van der Waals surface area contributed by atoms with E-state index >= 15 is 0 Å². The van der Waals surface area contributed by atoms with Crippen molar-refractivity contribution in [2.75, 3.05) is 0 Å². The van der Waals surface area contributed by atoms with E-state index in [0.29, 0.717) is 24.0 Å². The molecule has 1 aromatic carbocycles. The molecule has 0 spiro atoms. The van der Waals surface area contributed by atoms with Gasteiger partial charge in [-0.05, 0) is 49.9 Å². The molecule has 8 heteroatoms. The first-order valence-electron chi connectivity index (χ1n) is 13.8. The Hall–Kier alpha value is -3.03. The Bertz CT molecular complexity index is 787. The highest BCUT2D eigenvalue weighted by Gasteiger charge is 2.05. The maximum absolute atomic E-state index is 11.8. The van der Waals surface area contributed by atoms with E-state index in [0.717, 1.165) is 51.4 Å². The van der Waals surface area contributed by atoms with Crippen LogP contribution in [0.2, 0.25) is 0 Å². The predicted molar refractivity (Wildman–Crippen MR) is 150 cm³/mol. The molecular formula is C29H48N4O4. The Labute approximate surface area is 222 Å². The Morgan fingerprint density at radius 2 is 1.03 bits per heavy atom. The van der Waals surface area contributed by atoms with E-state index in [1.165, 1.54) is 44.9 Å². The monoisotopic (exact) mass is 516 g/mol. The molecule has 0 atom stereocenters. The first-order valence-corrected chi connectivity index (χ1v) is 13.8. The second-order valence-electron chi connectivity index (χ2n) is 9.38. The highest BCUT2D eigenvalue weighted by molar-refractivity contribution is 6.00. The Kier molecular flexibility index (Phi) is 21.5. The van der Waals surface area contributed by atoms with Gasteiger partial charge < -0.3 is 17.2 Å². The summed E-state index contributed by atoms with van der Waals surface area (Å²) >= 11 is 0. The van der Waals surface area contributed by atoms with E-state index in [9.17, 15) is 19.2 Å². The molecule has 1 aromatic rings. The lowest BCUT2D eigenvalue weighted by Crippen LogP contribution is -2.10. The summed E-state index contributed by atoms with van der Waals surface area (Å²) in [5, 5.41) is 0. The summed E-state index contributed by atoms with van der Waals surface area (Å²) in [7, 11) is 0. The number of aliphatic imine (C=N–C) groups is 1. The van der Waals surface area contributed by atoms with Gasteiger partial charge in [0, 0.05) is 30.2 Å². The number of carbonyl (C=O) groups excluding carboxylic acids is 4. The van der Waals surface area contributed by atoms with Crippen LogP contribution in [0, 0.1) is 0 Å². The first kappa shape index (κ1) is 34.0. The Morgan fingerprint density at radius 3 is 1.46 bits per heavy atom. The van der Waals surface area contributed by atoms with Crippen LogP contribution in [0.15, 0.2) is 29.3 Å². The number of nitrogens with two attached hydrogens (primary N) is 3. The molecule has 0 unspecified atom stereocenters. The molecule has 0 saturated heterocycles. The third-order valence-electron chi connectivity index (χ3n) is 5.91. The molecule has 6 N–H and O–H groups in total. The van der Waals surface area contributed by atoms with Crippen molar-refractivity contribution in [3.63, 3.8) is 0 Å². The highest BCUT2D eigenvalue weighted by atomic mass is 16.2. The zero-order valence-electron chi connectivity index (χ0n) is 22.7. The molecule has 0 aliphatic rings. The molecule has 208 valence electrons. The van der Waals surface area contributed by atoms with Crippen molar-refractivity contribution in [3.05, 3.63) is 35.4 Å².